The van der Waals surface area contributed by atoms with E-state index in [4.69, 9.17) is 11.0 Å². The maximum absolute atomic E-state index is 9.02. The molecule has 0 atom stereocenters. The van der Waals surface area contributed by atoms with Gasteiger partial charge in [-0.15, -0.1) is 0 Å². The van der Waals surface area contributed by atoms with Crippen molar-refractivity contribution < 1.29 is 0 Å². The summed E-state index contributed by atoms with van der Waals surface area (Å²) in [6.45, 7) is 0. The minimum absolute atomic E-state index is 0.330. The number of anilines is 3. The van der Waals surface area contributed by atoms with Crippen LogP contribution in [-0.2, 0) is 0 Å². The fourth-order valence-electron chi connectivity index (χ4n) is 1.33. The Hall–Kier alpha value is -1.65. The number of benzene rings is 1. The topological polar surface area (TPSA) is 87.6 Å². The molecular formula is C11H7Br2N5. The highest BCUT2D eigenvalue weighted by Crippen LogP contribution is 2.24. The molecule has 1 heterocycles. The van der Waals surface area contributed by atoms with Crippen LogP contribution in [0, 0.1) is 11.3 Å². The van der Waals surface area contributed by atoms with Crippen LogP contribution in [0.15, 0.2) is 33.3 Å². The van der Waals surface area contributed by atoms with Crippen molar-refractivity contribution in [1.82, 2.24) is 9.97 Å². The van der Waals surface area contributed by atoms with Crippen LogP contribution in [0.5, 0.6) is 0 Å². The predicted octanol–water partition coefficient (Wildman–Crippen LogP) is 3.20. The first-order chi connectivity index (χ1) is 8.58. The van der Waals surface area contributed by atoms with Crippen molar-refractivity contribution in [3.8, 4) is 6.07 Å². The Kier molecular flexibility index (Phi) is 3.79. The third-order valence-corrected chi connectivity index (χ3v) is 2.96. The largest absolute Gasteiger partial charge is 0.383 e. The van der Waals surface area contributed by atoms with Crippen LogP contribution < -0.4 is 11.1 Å². The molecule has 3 N–H and O–H groups in total. The molecule has 7 heteroatoms. The number of nitrogen functional groups attached to an aromatic ring is 1. The van der Waals surface area contributed by atoms with Crippen molar-refractivity contribution in [2.24, 2.45) is 0 Å². The lowest BCUT2D eigenvalue weighted by molar-refractivity contribution is 1.15. The lowest BCUT2D eigenvalue weighted by atomic mass is 10.2. The number of hydrogen-bond donors (Lipinski definition) is 2. The monoisotopic (exact) mass is 367 g/mol. The Morgan fingerprint density at radius 1 is 1.22 bits per heavy atom. The summed E-state index contributed by atoms with van der Waals surface area (Å²) in [5.74, 6) is 0.671. The standard InChI is InChI=1S/C11H7Br2N5/c12-7-2-1-6(5-14)8(3-7)16-11-17-9(13)4-10(15)18-11/h1-4H,(H3,15,16,17,18). The molecule has 0 spiro atoms. The fraction of sp³-hybridized carbons (Fsp3) is 0. The van der Waals surface area contributed by atoms with Crippen LogP contribution in [-0.4, -0.2) is 9.97 Å². The Morgan fingerprint density at radius 3 is 2.67 bits per heavy atom. The molecule has 0 saturated heterocycles. The third-order valence-electron chi connectivity index (χ3n) is 2.06. The maximum atomic E-state index is 9.02. The second-order valence-electron chi connectivity index (χ2n) is 3.37. The van der Waals surface area contributed by atoms with Crippen LogP contribution in [0.2, 0.25) is 0 Å². The van der Waals surface area contributed by atoms with Gasteiger partial charge in [0.2, 0.25) is 5.95 Å². The second-order valence-corrected chi connectivity index (χ2v) is 5.09. The Balaban J connectivity index is 2.39. The Morgan fingerprint density at radius 2 is 2.00 bits per heavy atom. The summed E-state index contributed by atoms with van der Waals surface area (Å²) in [7, 11) is 0. The van der Waals surface area contributed by atoms with E-state index in [9.17, 15) is 0 Å². The van der Waals surface area contributed by atoms with E-state index in [0.29, 0.717) is 27.6 Å². The van der Waals surface area contributed by atoms with Crippen molar-refractivity contribution >= 4 is 49.3 Å². The Labute approximate surface area is 120 Å². The first-order valence-corrected chi connectivity index (χ1v) is 6.44. The summed E-state index contributed by atoms with van der Waals surface area (Å²) in [6, 6.07) is 8.96. The Bertz CT molecular complexity index is 616. The van der Waals surface area contributed by atoms with Gasteiger partial charge in [0, 0.05) is 10.5 Å². The highest BCUT2D eigenvalue weighted by molar-refractivity contribution is 9.10. The number of rotatable bonds is 2. The van der Waals surface area contributed by atoms with Crippen LogP contribution in [0.4, 0.5) is 17.5 Å². The number of nitrogens with two attached hydrogens (primary N) is 1. The van der Waals surface area contributed by atoms with Crippen molar-refractivity contribution in [3.05, 3.63) is 38.9 Å². The number of nitrogens with one attached hydrogen (secondary N) is 1. The average molecular weight is 369 g/mol. The second kappa shape index (κ2) is 5.33. The highest BCUT2D eigenvalue weighted by atomic mass is 79.9. The summed E-state index contributed by atoms with van der Waals surface area (Å²) in [5, 5.41) is 12.0. The molecule has 2 aromatic rings. The summed E-state index contributed by atoms with van der Waals surface area (Å²) >= 11 is 6.57. The van der Waals surface area contributed by atoms with Gasteiger partial charge in [-0.05, 0) is 34.1 Å². The van der Waals surface area contributed by atoms with E-state index in [1.165, 1.54) is 0 Å². The van der Waals surface area contributed by atoms with Crippen LogP contribution in [0.3, 0.4) is 0 Å². The van der Waals surface area contributed by atoms with Gasteiger partial charge in [0.05, 0.1) is 11.3 Å². The molecule has 90 valence electrons. The molecule has 0 fully saturated rings. The molecule has 0 aliphatic carbocycles. The van der Waals surface area contributed by atoms with Crippen LogP contribution >= 0.6 is 31.9 Å². The predicted molar refractivity (Wildman–Crippen MR) is 76.3 cm³/mol. The first kappa shape index (κ1) is 12.8. The molecule has 0 unspecified atom stereocenters. The van der Waals surface area contributed by atoms with Gasteiger partial charge >= 0.3 is 0 Å². The van der Waals surface area contributed by atoms with Gasteiger partial charge in [-0.2, -0.15) is 10.2 Å². The highest BCUT2D eigenvalue weighted by Gasteiger charge is 2.06. The minimum atomic E-state index is 0.330. The molecule has 1 aromatic carbocycles. The molecule has 0 radical (unpaired) electrons. The van der Waals surface area contributed by atoms with Gasteiger partial charge in [0.25, 0.3) is 0 Å². The van der Waals surface area contributed by atoms with E-state index in [-0.39, 0.29) is 0 Å². The van der Waals surface area contributed by atoms with E-state index >= 15 is 0 Å². The molecule has 18 heavy (non-hydrogen) atoms. The van der Waals surface area contributed by atoms with E-state index in [2.05, 4.69) is 53.2 Å². The van der Waals surface area contributed by atoms with Gasteiger partial charge in [0.1, 0.15) is 16.5 Å². The fourth-order valence-corrected chi connectivity index (χ4v) is 2.09. The van der Waals surface area contributed by atoms with Crippen LogP contribution in [0.1, 0.15) is 5.56 Å². The van der Waals surface area contributed by atoms with Crippen molar-refractivity contribution in [1.29, 1.82) is 5.26 Å². The van der Waals surface area contributed by atoms with Crippen molar-refractivity contribution in [2.75, 3.05) is 11.1 Å². The lowest BCUT2D eigenvalue weighted by Crippen LogP contribution is -2.01. The number of nitrogens with zero attached hydrogens (tertiary/aromatic N) is 3. The lowest BCUT2D eigenvalue weighted by Gasteiger charge is -2.08. The molecule has 0 saturated carbocycles. The summed E-state index contributed by atoms with van der Waals surface area (Å²) < 4.78 is 1.43. The molecular weight excluding hydrogens is 362 g/mol. The maximum Gasteiger partial charge on any atom is 0.230 e. The van der Waals surface area contributed by atoms with Crippen molar-refractivity contribution in [2.45, 2.75) is 0 Å². The molecule has 0 bridgehead atoms. The summed E-state index contributed by atoms with van der Waals surface area (Å²) in [5.41, 5.74) is 6.73. The zero-order chi connectivity index (χ0) is 13.1. The zero-order valence-electron chi connectivity index (χ0n) is 8.98. The van der Waals surface area contributed by atoms with Gasteiger partial charge in [-0.25, -0.2) is 4.98 Å². The molecule has 1 aromatic heterocycles. The van der Waals surface area contributed by atoms with Crippen molar-refractivity contribution in [3.63, 3.8) is 0 Å². The molecule has 2 rings (SSSR count). The van der Waals surface area contributed by atoms with Gasteiger partial charge < -0.3 is 11.1 Å². The normalized spacial score (nSPS) is 9.83. The quantitative estimate of drug-likeness (QED) is 0.794. The number of nitriles is 1. The van der Waals surface area contributed by atoms with E-state index in [0.717, 1.165) is 4.47 Å². The SMILES string of the molecule is N#Cc1ccc(Br)cc1Nc1nc(N)cc(Br)n1. The van der Waals surface area contributed by atoms with Gasteiger partial charge in [0.15, 0.2) is 0 Å². The summed E-state index contributed by atoms with van der Waals surface area (Å²) in [4.78, 5) is 8.16. The van der Waals surface area contributed by atoms with Gasteiger partial charge in [-0.1, -0.05) is 15.9 Å². The van der Waals surface area contributed by atoms with E-state index < -0.39 is 0 Å². The van der Waals surface area contributed by atoms with E-state index in [1.54, 1.807) is 24.3 Å². The number of aromatic nitrogens is 2. The summed E-state index contributed by atoms with van der Waals surface area (Å²) in [6.07, 6.45) is 0. The van der Waals surface area contributed by atoms with E-state index in [1.807, 2.05) is 0 Å². The number of hydrogen-bond acceptors (Lipinski definition) is 5. The molecule has 5 nitrogen and oxygen atoms in total. The zero-order valence-corrected chi connectivity index (χ0v) is 12.2. The van der Waals surface area contributed by atoms with Gasteiger partial charge in [-0.3, -0.25) is 0 Å². The smallest absolute Gasteiger partial charge is 0.230 e. The average Bonchev–Trinajstić information content (AvgIpc) is 2.27. The van der Waals surface area contributed by atoms with Crippen LogP contribution in [0.25, 0.3) is 0 Å². The number of halogens is 2. The third kappa shape index (κ3) is 2.97. The molecule has 0 aliphatic heterocycles. The molecule has 0 aliphatic rings. The minimum Gasteiger partial charge on any atom is -0.383 e. The molecule has 0 amide bonds. The first-order valence-electron chi connectivity index (χ1n) is 4.85.